The molecular formula is C14H17FN2O. The Kier molecular flexibility index (Phi) is 4.57. The van der Waals surface area contributed by atoms with Gasteiger partial charge in [0.25, 0.3) is 0 Å². The fraction of sp³-hybridized carbons (Fsp3) is 0.429. The standard InChI is InChI=1S/C14H17FN2O/c1-18-14-5-4-12(11-13(14)15)3-2-8-17-9-6-16-7-10-17/h4-5,11,16H,6-10H2,1H3. The van der Waals surface area contributed by atoms with E-state index in [4.69, 9.17) is 4.74 Å². The maximum atomic E-state index is 13.4. The van der Waals surface area contributed by atoms with E-state index in [1.807, 2.05) is 0 Å². The molecule has 1 N–H and O–H groups in total. The fourth-order valence-corrected chi connectivity index (χ4v) is 1.87. The van der Waals surface area contributed by atoms with Crippen LogP contribution < -0.4 is 10.1 Å². The second kappa shape index (κ2) is 6.39. The minimum absolute atomic E-state index is 0.252. The van der Waals surface area contributed by atoms with E-state index < -0.39 is 0 Å². The van der Waals surface area contributed by atoms with Crippen molar-refractivity contribution in [3.8, 4) is 17.6 Å². The summed E-state index contributed by atoms with van der Waals surface area (Å²) < 4.78 is 18.3. The molecule has 96 valence electrons. The molecule has 0 amide bonds. The Morgan fingerprint density at radius 1 is 1.39 bits per heavy atom. The predicted molar refractivity (Wildman–Crippen MR) is 69.1 cm³/mol. The molecule has 0 aliphatic carbocycles. The summed E-state index contributed by atoms with van der Waals surface area (Å²) in [6.07, 6.45) is 0. The summed E-state index contributed by atoms with van der Waals surface area (Å²) in [7, 11) is 1.45. The molecule has 0 unspecified atom stereocenters. The van der Waals surface area contributed by atoms with Crippen molar-refractivity contribution in [3.05, 3.63) is 29.6 Å². The van der Waals surface area contributed by atoms with E-state index in [0.717, 1.165) is 32.7 Å². The van der Waals surface area contributed by atoms with Crippen molar-refractivity contribution in [1.29, 1.82) is 0 Å². The third-order valence-corrected chi connectivity index (χ3v) is 2.90. The van der Waals surface area contributed by atoms with Crippen LogP contribution >= 0.6 is 0 Å². The zero-order chi connectivity index (χ0) is 12.8. The lowest BCUT2D eigenvalue weighted by molar-refractivity contribution is 0.268. The smallest absolute Gasteiger partial charge is 0.166 e. The van der Waals surface area contributed by atoms with E-state index in [1.54, 1.807) is 12.1 Å². The molecule has 0 saturated carbocycles. The number of piperazine rings is 1. The van der Waals surface area contributed by atoms with Crippen molar-refractivity contribution in [3.63, 3.8) is 0 Å². The fourth-order valence-electron chi connectivity index (χ4n) is 1.87. The first-order chi connectivity index (χ1) is 8.79. The highest BCUT2D eigenvalue weighted by molar-refractivity contribution is 5.39. The molecule has 1 saturated heterocycles. The molecule has 0 spiro atoms. The summed E-state index contributed by atoms with van der Waals surface area (Å²) in [5.74, 6) is 5.94. The maximum Gasteiger partial charge on any atom is 0.166 e. The van der Waals surface area contributed by atoms with Gasteiger partial charge in [-0.15, -0.1) is 0 Å². The molecule has 0 aromatic heterocycles. The number of methoxy groups -OCH3 is 1. The minimum Gasteiger partial charge on any atom is -0.494 e. The van der Waals surface area contributed by atoms with Crippen LogP contribution in [0.15, 0.2) is 18.2 Å². The predicted octanol–water partition coefficient (Wildman–Crippen LogP) is 1.09. The number of hydrogen-bond donors (Lipinski definition) is 1. The van der Waals surface area contributed by atoms with Gasteiger partial charge in [0, 0.05) is 31.7 Å². The molecular weight excluding hydrogens is 231 g/mol. The Bertz CT molecular complexity index is 459. The molecule has 1 fully saturated rings. The Labute approximate surface area is 107 Å². The average Bonchev–Trinajstić information content (AvgIpc) is 2.40. The molecule has 0 bridgehead atoms. The number of ether oxygens (including phenoxy) is 1. The van der Waals surface area contributed by atoms with Crippen LogP contribution in [0.5, 0.6) is 5.75 Å². The van der Waals surface area contributed by atoms with Crippen LogP contribution in [0.1, 0.15) is 5.56 Å². The van der Waals surface area contributed by atoms with Gasteiger partial charge in [0.05, 0.1) is 13.7 Å². The number of halogens is 1. The van der Waals surface area contributed by atoms with E-state index >= 15 is 0 Å². The van der Waals surface area contributed by atoms with Crippen molar-refractivity contribution < 1.29 is 9.13 Å². The van der Waals surface area contributed by atoms with Gasteiger partial charge in [0.1, 0.15) is 0 Å². The van der Waals surface area contributed by atoms with Gasteiger partial charge in [-0.1, -0.05) is 11.8 Å². The Balaban J connectivity index is 1.94. The van der Waals surface area contributed by atoms with Crippen molar-refractivity contribution in [2.75, 3.05) is 39.8 Å². The number of nitrogens with one attached hydrogen (secondary N) is 1. The summed E-state index contributed by atoms with van der Waals surface area (Å²) >= 11 is 0. The molecule has 2 rings (SSSR count). The van der Waals surface area contributed by atoms with Crippen LogP contribution in [0.3, 0.4) is 0 Å². The number of hydrogen-bond acceptors (Lipinski definition) is 3. The molecule has 18 heavy (non-hydrogen) atoms. The molecule has 0 atom stereocenters. The summed E-state index contributed by atoms with van der Waals surface area (Å²) in [4.78, 5) is 2.28. The van der Waals surface area contributed by atoms with Gasteiger partial charge in [0.2, 0.25) is 0 Å². The molecule has 1 heterocycles. The third-order valence-electron chi connectivity index (χ3n) is 2.90. The summed E-state index contributed by atoms with van der Waals surface area (Å²) in [5, 5.41) is 3.29. The number of rotatable bonds is 2. The molecule has 1 aromatic rings. The van der Waals surface area contributed by atoms with E-state index in [1.165, 1.54) is 13.2 Å². The van der Waals surface area contributed by atoms with Gasteiger partial charge in [-0.2, -0.15) is 0 Å². The molecule has 0 radical (unpaired) electrons. The summed E-state index contributed by atoms with van der Waals surface area (Å²) in [6.45, 7) is 4.80. The lowest BCUT2D eigenvalue weighted by atomic mass is 10.2. The average molecular weight is 248 g/mol. The topological polar surface area (TPSA) is 24.5 Å². The lowest BCUT2D eigenvalue weighted by Gasteiger charge is -2.24. The van der Waals surface area contributed by atoms with Gasteiger partial charge in [-0.25, -0.2) is 4.39 Å². The molecule has 1 aromatic carbocycles. The van der Waals surface area contributed by atoms with E-state index in [-0.39, 0.29) is 11.6 Å². The Morgan fingerprint density at radius 3 is 2.83 bits per heavy atom. The molecule has 4 heteroatoms. The number of benzene rings is 1. The lowest BCUT2D eigenvalue weighted by Crippen LogP contribution is -2.43. The summed E-state index contributed by atoms with van der Waals surface area (Å²) in [5.41, 5.74) is 0.684. The van der Waals surface area contributed by atoms with E-state index in [9.17, 15) is 4.39 Å². The van der Waals surface area contributed by atoms with Crippen LogP contribution in [-0.4, -0.2) is 44.7 Å². The first-order valence-electron chi connectivity index (χ1n) is 6.05. The highest BCUT2D eigenvalue weighted by Gasteiger charge is 2.06. The summed E-state index contributed by atoms with van der Waals surface area (Å²) in [6, 6.07) is 4.78. The van der Waals surface area contributed by atoms with Crippen molar-refractivity contribution >= 4 is 0 Å². The quantitative estimate of drug-likeness (QED) is 0.793. The minimum atomic E-state index is -0.369. The maximum absolute atomic E-state index is 13.4. The molecule has 3 nitrogen and oxygen atoms in total. The van der Waals surface area contributed by atoms with Crippen LogP contribution in [0.25, 0.3) is 0 Å². The van der Waals surface area contributed by atoms with Crippen LogP contribution in [0.4, 0.5) is 4.39 Å². The zero-order valence-electron chi connectivity index (χ0n) is 10.5. The van der Waals surface area contributed by atoms with Gasteiger partial charge < -0.3 is 10.1 Å². The van der Waals surface area contributed by atoms with Crippen molar-refractivity contribution in [1.82, 2.24) is 10.2 Å². The normalized spacial score (nSPS) is 15.9. The number of nitrogens with zero attached hydrogens (tertiary/aromatic N) is 1. The van der Waals surface area contributed by atoms with Crippen LogP contribution in [0.2, 0.25) is 0 Å². The zero-order valence-corrected chi connectivity index (χ0v) is 10.5. The molecule has 1 aliphatic rings. The third kappa shape index (κ3) is 3.46. The van der Waals surface area contributed by atoms with Gasteiger partial charge in [0.15, 0.2) is 11.6 Å². The van der Waals surface area contributed by atoms with Gasteiger partial charge >= 0.3 is 0 Å². The largest absolute Gasteiger partial charge is 0.494 e. The highest BCUT2D eigenvalue weighted by Crippen LogP contribution is 2.16. The van der Waals surface area contributed by atoms with Crippen molar-refractivity contribution in [2.45, 2.75) is 0 Å². The highest BCUT2D eigenvalue weighted by atomic mass is 19.1. The second-order valence-corrected chi connectivity index (χ2v) is 4.18. The monoisotopic (exact) mass is 248 g/mol. The second-order valence-electron chi connectivity index (χ2n) is 4.18. The molecule has 1 aliphatic heterocycles. The van der Waals surface area contributed by atoms with Gasteiger partial charge in [-0.3, -0.25) is 4.90 Å². The first kappa shape index (κ1) is 12.9. The van der Waals surface area contributed by atoms with Crippen LogP contribution in [0, 0.1) is 17.7 Å². The van der Waals surface area contributed by atoms with Crippen LogP contribution in [-0.2, 0) is 0 Å². The Morgan fingerprint density at radius 2 is 2.17 bits per heavy atom. The van der Waals surface area contributed by atoms with Gasteiger partial charge in [-0.05, 0) is 18.2 Å². The SMILES string of the molecule is COc1ccc(C#CCN2CCNCC2)cc1F. The first-order valence-corrected chi connectivity index (χ1v) is 6.05. The Hall–Kier alpha value is -1.57. The van der Waals surface area contributed by atoms with Crippen molar-refractivity contribution in [2.24, 2.45) is 0 Å². The van der Waals surface area contributed by atoms with E-state index in [2.05, 4.69) is 22.1 Å². The van der Waals surface area contributed by atoms with E-state index in [0.29, 0.717) is 5.56 Å².